The topological polar surface area (TPSA) is 66.8 Å². The van der Waals surface area contributed by atoms with E-state index in [9.17, 15) is 18.0 Å². The van der Waals surface area contributed by atoms with Gasteiger partial charge in [-0.1, -0.05) is 18.6 Å². The number of alkyl halides is 3. The number of nitrogens with zero attached hydrogens (tertiary/aromatic N) is 4. The number of likely N-dealkylation sites (N-methyl/N-ethyl adjacent to an activating group) is 1. The molecule has 148 valence electrons. The Labute approximate surface area is 159 Å². The van der Waals surface area contributed by atoms with Crippen LogP contribution in [-0.4, -0.2) is 32.8 Å². The van der Waals surface area contributed by atoms with Gasteiger partial charge in [0.2, 0.25) is 5.95 Å². The molecular weight excluding hydrogens is 371 g/mol. The average molecular weight is 391 g/mol. The molecule has 3 aromatic rings. The van der Waals surface area contributed by atoms with Crippen LogP contribution in [0.15, 0.2) is 35.3 Å². The fourth-order valence-electron chi connectivity index (χ4n) is 4.06. The molecule has 28 heavy (non-hydrogen) atoms. The lowest BCUT2D eigenvalue weighted by atomic mass is 9.92. The van der Waals surface area contributed by atoms with Crippen molar-refractivity contribution in [2.75, 3.05) is 11.9 Å². The van der Waals surface area contributed by atoms with E-state index in [0.717, 1.165) is 37.0 Å². The van der Waals surface area contributed by atoms with E-state index in [-0.39, 0.29) is 17.5 Å². The molecule has 1 aliphatic rings. The van der Waals surface area contributed by atoms with E-state index < -0.39 is 11.7 Å². The minimum atomic E-state index is -4.34. The molecule has 1 aromatic carbocycles. The van der Waals surface area contributed by atoms with Gasteiger partial charge >= 0.3 is 6.18 Å². The van der Waals surface area contributed by atoms with Gasteiger partial charge in [0.1, 0.15) is 5.39 Å². The fourth-order valence-corrected chi connectivity index (χ4v) is 4.06. The second-order valence-corrected chi connectivity index (χ2v) is 7.23. The number of aromatic nitrogens is 4. The molecule has 0 spiro atoms. The molecule has 0 aliphatic heterocycles. The van der Waals surface area contributed by atoms with Crippen LogP contribution in [0.2, 0.25) is 0 Å². The molecule has 2 aromatic heterocycles. The number of aryl methyl sites for hydroxylation is 1. The summed E-state index contributed by atoms with van der Waals surface area (Å²) in [7, 11) is 3.58. The van der Waals surface area contributed by atoms with Crippen molar-refractivity contribution in [3.8, 4) is 0 Å². The number of fused-ring (bicyclic) bond motifs is 1. The second-order valence-electron chi connectivity index (χ2n) is 7.23. The molecule has 0 amide bonds. The first kappa shape index (κ1) is 18.5. The van der Waals surface area contributed by atoms with Gasteiger partial charge in [0.15, 0.2) is 5.65 Å². The monoisotopic (exact) mass is 391 g/mol. The number of nitrogens with one attached hydrogen (secondary N) is 1. The SMILES string of the molecule is CN(c1nc2c(cnn2C)c(=O)[nH]1)[C@H]1CCC[C@H]1c1ccc(C(F)(F)F)cc1. The normalized spacial score (nSPS) is 20.0. The smallest absolute Gasteiger partial charge is 0.342 e. The molecule has 1 saturated carbocycles. The maximum absolute atomic E-state index is 12.8. The third-order valence-corrected chi connectivity index (χ3v) is 5.57. The maximum atomic E-state index is 12.8. The van der Waals surface area contributed by atoms with Crippen LogP contribution in [0, 0.1) is 0 Å². The van der Waals surface area contributed by atoms with E-state index in [1.165, 1.54) is 6.20 Å². The molecule has 2 atom stereocenters. The van der Waals surface area contributed by atoms with Gasteiger partial charge in [0.25, 0.3) is 5.56 Å². The van der Waals surface area contributed by atoms with E-state index in [4.69, 9.17) is 0 Å². The molecule has 0 saturated heterocycles. The third kappa shape index (κ3) is 3.14. The van der Waals surface area contributed by atoms with Crippen molar-refractivity contribution in [3.63, 3.8) is 0 Å². The molecule has 6 nitrogen and oxygen atoms in total. The highest BCUT2D eigenvalue weighted by molar-refractivity contribution is 5.74. The van der Waals surface area contributed by atoms with Crippen molar-refractivity contribution in [1.29, 1.82) is 0 Å². The molecule has 4 rings (SSSR count). The molecular formula is C19H20F3N5O. The predicted molar refractivity (Wildman–Crippen MR) is 99.4 cm³/mol. The van der Waals surface area contributed by atoms with Gasteiger partial charge in [-0.3, -0.25) is 14.5 Å². The van der Waals surface area contributed by atoms with Gasteiger partial charge in [0.05, 0.1) is 11.8 Å². The van der Waals surface area contributed by atoms with E-state index in [0.29, 0.717) is 17.0 Å². The Balaban J connectivity index is 1.65. The molecule has 1 N–H and O–H groups in total. The van der Waals surface area contributed by atoms with E-state index in [1.807, 2.05) is 11.9 Å². The van der Waals surface area contributed by atoms with Crippen molar-refractivity contribution in [2.24, 2.45) is 7.05 Å². The quantitative estimate of drug-likeness (QED) is 0.743. The molecule has 0 radical (unpaired) electrons. The van der Waals surface area contributed by atoms with Crippen LogP contribution >= 0.6 is 0 Å². The second kappa shape index (κ2) is 6.65. The zero-order chi connectivity index (χ0) is 20.1. The lowest BCUT2D eigenvalue weighted by Gasteiger charge is -2.30. The largest absolute Gasteiger partial charge is 0.416 e. The Kier molecular flexibility index (Phi) is 4.40. The predicted octanol–water partition coefficient (Wildman–Crippen LogP) is 3.45. The standard InChI is InChI=1S/C19H20F3N5O/c1-26(18-24-16-14(17(28)25-18)10-23-27(16)2)15-5-3-4-13(15)11-6-8-12(9-7-11)19(20,21)22/h6-10,13,15H,3-5H2,1-2H3,(H,24,25,28)/t13-,15-/m0/s1. The van der Waals surface area contributed by atoms with Crippen molar-refractivity contribution in [3.05, 3.63) is 51.9 Å². The number of aromatic amines is 1. The van der Waals surface area contributed by atoms with Gasteiger partial charge < -0.3 is 4.90 Å². The van der Waals surface area contributed by atoms with Crippen molar-refractivity contribution < 1.29 is 13.2 Å². The summed E-state index contributed by atoms with van der Waals surface area (Å²) in [6, 6.07) is 5.41. The molecule has 1 aliphatic carbocycles. The first-order valence-corrected chi connectivity index (χ1v) is 9.07. The number of benzene rings is 1. The zero-order valence-electron chi connectivity index (χ0n) is 15.5. The minimum absolute atomic E-state index is 0.0329. The maximum Gasteiger partial charge on any atom is 0.416 e. The Bertz CT molecular complexity index is 1050. The van der Waals surface area contributed by atoms with Crippen LogP contribution in [0.4, 0.5) is 19.1 Å². The number of anilines is 1. The van der Waals surface area contributed by atoms with Crippen LogP contribution in [0.25, 0.3) is 11.0 Å². The number of hydrogen-bond donors (Lipinski definition) is 1. The van der Waals surface area contributed by atoms with Crippen LogP contribution in [0.1, 0.15) is 36.3 Å². The summed E-state index contributed by atoms with van der Waals surface area (Å²) in [6.45, 7) is 0. The number of halogens is 3. The summed E-state index contributed by atoms with van der Waals surface area (Å²) < 4.78 is 40.1. The van der Waals surface area contributed by atoms with Crippen LogP contribution in [-0.2, 0) is 13.2 Å². The summed E-state index contributed by atoms with van der Waals surface area (Å²) in [5, 5.41) is 4.49. The molecule has 9 heteroatoms. The summed E-state index contributed by atoms with van der Waals surface area (Å²) in [6.07, 6.45) is -0.162. The van der Waals surface area contributed by atoms with Gasteiger partial charge in [0, 0.05) is 26.1 Å². The minimum Gasteiger partial charge on any atom is -0.342 e. The van der Waals surface area contributed by atoms with Crippen molar-refractivity contribution in [2.45, 2.75) is 37.4 Å². The Morgan fingerprint density at radius 1 is 1.21 bits per heavy atom. The van der Waals surface area contributed by atoms with Gasteiger partial charge in [-0.2, -0.15) is 23.3 Å². The molecule has 0 unspecified atom stereocenters. The van der Waals surface area contributed by atoms with Gasteiger partial charge in [-0.15, -0.1) is 0 Å². The van der Waals surface area contributed by atoms with E-state index >= 15 is 0 Å². The molecule has 0 bridgehead atoms. The third-order valence-electron chi connectivity index (χ3n) is 5.57. The van der Waals surface area contributed by atoms with Crippen LogP contribution < -0.4 is 10.5 Å². The van der Waals surface area contributed by atoms with Crippen molar-refractivity contribution >= 4 is 17.0 Å². The first-order valence-electron chi connectivity index (χ1n) is 9.07. The fraction of sp³-hybridized carbons (Fsp3) is 0.421. The zero-order valence-corrected chi connectivity index (χ0v) is 15.5. The molecule has 2 heterocycles. The van der Waals surface area contributed by atoms with Crippen LogP contribution in [0.3, 0.4) is 0 Å². The highest BCUT2D eigenvalue weighted by Crippen LogP contribution is 2.39. The Hall–Kier alpha value is -2.84. The Morgan fingerprint density at radius 2 is 1.93 bits per heavy atom. The highest BCUT2D eigenvalue weighted by Gasteiger charge is 2.34. The lowest BCUT2D eigenvalue weighted by Crippen LogP contribution is -2.36. The number of H-pyrrole nitrogens is 1. The summed E-state index contributed by atoms with van der Waals surface area (Å²) in [4.78, 5) is 21.6. The van der Waals surface area contributed by atoms with Crippen LogP contribution in [0.5, 0.6) is 0 Å². The lowest BCUT2D eigenvalue weighted by molar-refractivity contribution is -0.137. The first-order chi connectivity index (χ1) is 13.3. The Morgan fingerprint density at radius 3 is 2.61 bits per heavy atom. The number of hydrogen-bond acceptors (Lipinski definition) is 4. The van der Waals surface area contributed by atoms with Crippen molar-refractivity contribution in [1.82, 2.24) is 19.7 Å². The van der Waals surface area contributed by atoms with E-state index in [2.05, 4.69) is 15.1 Å². The summed E-state index contributed by atoms with van der Waals surface area (Å²) in [5.74, 6) is 0.504. The average Bonchev–Trinajstić information content (AvgIpc) is 3.28. The van der Waals surface area contributed by atoms with E-state index in [1.54, 1.807) is 23.9 Å². The number of rotatable bonds is 3. The molecule has 1 fully saturated rings. The van der Waals surface area contributed by atoms with Gasteiger partial charge in [-0.25, -0.2) is 0 Å². The summed E-state index contributed by atoms with van der Waals surface area (Å²) in [5.41, 5.74) is 0.455. The van der Waals surface area contributed by atoms with Gasteiger partial charge in [-0.05, 0) is 30.5 Å². The summed E-state index contributed by atoms with van der Waals surface area (Å²) >= 11 is 0. The highest BCUT2D eigenvalue weighted by atomic mass is 19.4.